The van der Waals surface area contributed by atoms with Crippen molar-refractivity contribution in [1.82, 2.24) is 9.88 Å². The van der Waals surface area contributed by atoms with Gasteiger partial charge in [0.05, 0.1) is 12.3 Å². The molecule has 3 heterocycles. The maximum absolute atomic E-state index is 12.9. The summed E-state index contributed by atoms with van der Waals surface area (Å²) < 4.78 is 5.51. The Balaban J connectivity index is 1.91. The summed E-state index contributed by atoms with van der Waals surface area (Å²) in [5, 5.41) is 9.05. The van der Waals surface area contributed by atoms with E-state index in [-0.39, 0.29) is 17.6 Å². The van der Waals surface area contributed by atoms with E-state index in [0.717, 1.165) is 31.4 Å². The molecule has 1 N–H and O–H groups in total. The van der Waals surface area contributed by atoms with Crippen molar-refractivity contribution in [2.45, 2.75) is 31.7 Å². The lowest BCUT2D eigenvalue weighted by Gasteiger charge is -2.28. The molecule has 1 fully saturated rings. The number of carboxylic acid groups (broad SMARTS) is 1. The smallest absolute Gasteiger partial charge is 0.354 e. The van der Waals surface area contributed by atoms with Gasteiger partial charge in [-0.25, -0.2) is 9.78 Å². The number of nitrogens with zero attached hydrogens (tertiary/aromatic N) is 2. The fraction of sp³-hybridized carbons (Fsp3) is 0.353. The molecular formula is C17H18N2O4. The number of pyridine rings is 1. The number of carboxylic acids is 1. The summed E-state index contributed by atoms with van der Waals surface area (Å²) in [5.41, 5.74) is 0.219. The van der Waals surface area contributed by atoms with Gasteiger partial charge in [0.15, 0.2) is 0 Å². The average molecular weight is 314 g/mol. The van der Waals surface area contributed by atoms with Gasteiger partial charge in [-0.15, -0.1) is 0 Å². The molecule has 0 aliphatic carbocycles. The molecule has 6 heteroatoms. The summed E-state index contributed by atoms with van der Waals surface area (Å²) in [4.78, 5) is 29.5. The first-order chi connectivity index (χ1) is 11.2. The standard InChI is InChI=1S/C17H18N2O4/c20-16(12-7-8-18-13(11-12)17(21)22)19-9-3-1-2-5-14(19)15-6-4-10-23-15/h4,6-8,10-11,14H,1-3,5,9H2,(H,21,22). The molecule has 23 heavy (non-hydrogen) atoms. The van der Waals surface area contributed by atoms with Crippen LogP contribution in [0.1, 0.15) is 58.3 Å². The van der Waals surface area contributed by atoms with Gasteiger partial charge in [0.25, 0.3) is 5.91 Å². The largest absolute Gasteiger partial charge is 0.477 e. The highest BCUT2D eigenvalue weighted by Crippen LogP contribution is 2.31. The zero-order valence-corrected chi connectivity index (χ0v) is 12.6. The molecule has 3 rings (SSSR count). The highest BCUT2D eigenvalue weighted by molar-refractivity contribution is 5.96. The topological polar surface area (TPSA) is 83.6 Å². The minimum Gasteiger partial charge on any atom is -0.477 e. The van der Waals surface area contributed by atoms with E-state index in [1.54, 1.807) is 17.2 Å². The van der Waals surface area contributed by atoms with Crippen molar-refractivity contribution in [3.05, 3.63) is 53.7 Å². The Morgan fingerprint density at radius 3 is 2.87 bits per heavy atom. The van der Waals surface area contributed by atoms with Crippen LogP contribution in [0.25, 0.3) is 0 Å². The van der Waals surface area contributed by atoms with Crippen molar-refractivity contribution in [1.29, 1.82) is 0 Å². The molecule has 0 radical (unpaired) electrons. The molecule has 0 saturated carbocycles. The van der Waals surface area contributed by atoms with E-state index in [2.05, 4.69) is 4.98 Å². The van der Waals surface area contributed by atoms with Crippen molar-refractivity contribution < 1.29 is 19.1 Å². The fourth-order valence-electron chi connectivity index (χ4n) is 2.97. The van der Waals surface area contributed by atoms with Crippen LogP contribution in [0, 0.1) is 0 Å². The number of aromatic nitrogens is 1. The third-order valence-electron chi connectivity index (χ3n) is 4.11. The third kappa shape index (κ3) is 3.26. The lowest BCUT2D eigenvalue weighted by molar-refractivity contribution is 0.0658. The van der Waals surface area contributed by atoms with Gasteiger partial charge in [-0.2, -0.15) is 0 Å². The fourth-order valence-corrected chi connectivity index (χ4v) is 2.97. The summed E-state index contributed by atoms with van der Waals surface area (Å²) in [6.45, 7) is 0.634. The minimum atomic E-state index is -1.14. The van der Waals surface area contributed by atoms with Crippen molar-refractivity contribution in [2.24, 2.45) is 0 Å². The Labute approximate surface area is 133 Å². The maximum atomic E-state index is 12.9. The number of rotatable bonds is 3. The molecule has 2 aromatic rings. The van der Waals surface area contributed by atoms with Gasteiger partial charge >= 0.3 is 5.97 Å². The molecule has 1 aliphatic heterocycles. The lowest BCUT2D eigenvalue weighted by Crippen LogP contribution is -2.34. The van der Waals surface area contributed by atoms with E-state index < -0.39 is 5.97 Å². The monoisotopic (exact) mass is 314 g/mol. The second-order valence-electron chi connectivity index (χ2n) is 5.61. The summed E-state index contributed by atoms with van der Waals surface area (Å²) >= 11 is 0. The first-order valence-electron chi connectivity index (χ1n) is 7.70. The number of aromatic carboxylic acids is 1. The Bertz CT molecular complexity index is 696. The van der Waals surface area contributed by atoms with Crippen molar-refractivity contribution in [2.75, 3.05) is 6.54 Å². The Morgan fingerprint density at radius 2 is 2.13 bits per heavy atom. The van der Waals surface area contributed by atoms with Crippen LogP contribution in [-0.2, 0) is 0 Å². The molecular weight excluding hydrogens is 296 g/mol. The molecule has 1 aliphatic rings. The van der Waals surface area contributed by atoms with E-state index in [4.69, 9.17) is 9.52 Å². The number of likely N-dealkylation sites (tertiary alicyclic amines) is 1. The lowest BCUT2D eigenvalue weighted by atomic mass is 10.1. The van der Waals surface area contributed by atoms with Crippen LogP contribution < -0.4 is 0 Å². The average Bonchev–Trinajstić information content (AvgIpc) is 2.99. The minimum absolute atomic E-state index is 0.110. The quantitative estimate of drug-likeness (QED) is 0.941. The van der Waals surface area contributed by atoms with E-state index >= 15 is 0 Å². The van der Waals surface area contributed by atoms with Gasteiger partial charge < -0.3 is 14.4 Å². The van der Waals surface area contributed by atoms with Gasteiger partial charge in [-0.1, -0.05) is 12.8 Å². The zero-order valence-electron chi connectivity index (χ0n) is 12.6. The van der Waals surface area contributed by atoms with Gasteiger partial charge in [-0.3, -0.25) is 4.79 Å². The molecule has 120 valence electrons. The molecule has 1 saturated heterocycles. The van der Waals surface area contributed by atoms with Crippen molar-refractivity contribution in [3.8, 4) is 0 Å². The molecule has 1 amide bonds. The SMILES string of the molecule is O=C(O)c1cc(C(=O)N2CCCCCC2c2ccco2)ccn1. The van der Waals surface area contributed by atoms with Crippen molar-refractivity contribution >= 4 is 11.9 Å². The van der Waals surface area contributed by atoms with Gasteiger partial charge in [-0.05, 0) is 37.1 Å². The Kier molecular flexibility index (Phi) is 4.41. The first-order valence-corrected chi connectivity index (χ1v) is 7.70. The van der Waals surface area contributed by atoms with Gasteiger partial charge in [0, 0.05) is 18.3 Å². The molecule has 0 aromatic carbocycles. The number of carbonyl (C=O) groups is 2. The second-order valence-corrected chi connectivity index (χ2v) is 5.61. The summed E-state index contributed by atoms with van der Waals surface area (Å²) in [6, 6.07) is 6.47. The number of furan rings is 1. The van der Waals surface area contributed by atoms with Crippen LogP contribution in [0.5, 0.6) is 0 Å². The first kappa shape index (κ1) is 15.3. The highest BCUT2D eigenvalue weighted by atomic mass is 16.4. The van der Waals surface area contributed by atoms with Crippen LogP contribution in [0.2, 0.25) is 0 Å². The Morgan fingerprint density at radius 1 is 1.26 bits per heavy atom. The predicted octanol–water partition coefficient (Wildman–Crippen LogP) is 3.13. The van der Waals surface area contributed by atoms with E-state index in [9.17, 15) is 9.59 Å². The van der Waals surface area contributed by atoms with Crippen LogP contribution in [-0.4, -0.2) is 33.4 Å². The van der Waals surface area contributed by atoms with Crippen LogP contribution in [0.4, 0.5) is 0 Å². The van der Waals surface area contributed by atoms with E-state index in [1.807, 2.05) is 12.1 Å². The highest BCUT2D eigenvalue weighted by Gasteiger charge is 2.29. The van der Waals surface area contributed by atoms with Crippen LogP contribution in [0.3, 0.4) is 0 Å². The number of carbonyl (C=O) groups excluding carboxylic acids is 1. The molecule has 0 bridgehead atoms. The predicted molar refractivity (Wildman–Crippen MR) is 82.1 cm³/mol. The number of amides is 1. The second kappa shape index (κ2) is 6.64. The summed E-state index contributed by atoms with van der Waals surface area (Å²) in [5.74, 6) is -0.552. The molecule has 2 aromatic heterocycles. The van der Waals surface area contributed by atoms with Crippen molar-refractivity contribution in [3.63, 3.8) is 0 Å². The summed E-state index contributed by atoms with van der Waals surface area (Å²) in [7, 11) is 0. The Hall–Kier alpha value is -2.63. The van der Waals surface area contributed by atoms with Crippen LogP contribution in [0.15, 0.2) is 41.1 Å². The molecule has 1 atom stereocenters. The maximum Gasteiger partial charge on any atom is 0.354 e. The van der Waals surface area contributed by atoms with Crippen LogP contribution >= 0.6 is 0 Å². The summed E-state index contributed by atoms with van der Waals surface area (Å²) in [6.07, 6.45) is 6.84. The third-order valence-corrected chi connectivity index (χ3v) is 4.11. The number of hydrogen-bond donors (Lipinski definition) is 1. The normalized spacial score (nSPS) is 18.4. The van der Waals surface area contributed by atoms with E-state index in [1.165, 1.54) is 12.3 Å². The van der Waals surface area contributed by atoms with E-state index in [0.29, 0.717) is 12.1 Å². The van der Waals surface area contributed by atoms with Gasteiger partial charge in [0.2, 0.25) is 0 Å². The van der Waals surface area contributed by atoms with Gasteiger partial charge in [0.1, 0.15) is 11.5 Å². The molecule has 1 unspecified atom stereocenters. The molecule has 6 nitrogen and oxygen atoms in total. The zero-order chi connectivity index (χ0) is 16.2. The molecule has 0 spiro atoms. The number of hydrogen-bond acceptors (Lipinski definition) is 4.